The standard InChI is InChI=1S/C20H17BrN6O/c1-13(14-4-3-5-15(8-14)20-22-9-16(21)10-23-20)19-18(28)6-7-27(25-19)17-11-24-26(2)12-17/h3-13H,1-2H3. The van der Waals surface area contributed by atoms with E-state index in [1.165, 1.54) is 6.07 Å². The minimum absolute atomic E-state index is 0.0991. The highest BCUT2D eigenvalue weighted by atomic mass is 79.9. The average Bonchev–Trinajstić information content (AvgIpc) is 3.15. The lowest BCUT2D eigenvalue weighted by Gasteiger charge is -2.13. The molecule has 0 aliphatic heterocycles. The van der Waals surface area contributed by atoms with Gasteiger partial charge < -0.3 is 0 Å². The van der Waals surface area contributed by atoms with E-state index in [1.54, 1.807) is 34.2 Å². The van der Waals surface area contributed by atoms with Crippen molar-refractivity contribution in [3.63, 3.8) is 0 Å². The summed E-state index contributed by atoms with van der Waals surface area (Å²) in [7, 11) is 1.84. The van der Waals surface area contributed by atoms with Gasteiger partial charge in [0.15, 0.2) is 5.82 Å². The van der Waals surface area contributed by atoms with Gasteiger partial charge in [0.2, 0.25) is 5.43 Å². The lowest BCUT2D eigenvalue weighted by Crippen LogP contribution is -2.18. The Balaban J connectivity index is 1.71. The molecule has 0 radical (unpaired) electrons. The van der Waals surface area contributed by atoms with Crippen molar-refractivity contribution in [3.8, 4) is 17.1 Å². The normalized spacial score (nSPS) is 12.1. The van der Waals surface area contributed by atoms with Gasteiger partial charge in [-0.25, -0.2) is 14.6 Å². The van der Waals surface area contributed by atoms with Gasteiger partial charge in [0, 0.05) is 43.2 Å². The SMILES string of the molecule is CC(c1cccc(-c2ncc(Br)cn2)c1)c1nn(-c2cnn(C)c2)ccc1=O. The van der Waals surface area contributed by atoms with E-state index >= 15 is 0 Å². The van der Waals surface area contributed by atoms with Crippen molar-refractivity contribution in [3.05, 3.63) is 87.3 Å². The van der Waals surface area contributed by atoms with Gasteiger partial charge in [-0.1, -0.05) is 25.1 Å². The summed E-state index contributed by atoms with van der Waals surface area (Å²) in [6, 6.07) is 9.40. The minimum Gasteiger partial charge on any atom is -0.288 e. The highest BCUT2D eigenvalue weighted by Crippen LogP contribution is 2.25. The number of hydrogen-bond donors (Lipinski definition) is 0. The molecule has 4 aromatic rings. The second-order valence-electron chi connectivity index (χ2n) is 6.45. The molecule has 7 nitrogen and oxygen atoms in total. The first-order chi connectivity index (χ1) is 13.5. The Morgan fingerprint density at radius 3 is 2.61 bits per heavy atom. The van der Waals surface area contributed by atoms with Crippen molar-refractivity contribution < 1.29 is 0 Å². The molecule has 4 rings (SSSR count). The molecule has 0 aliphatic rings. The number of halogens is 1. The Labute approximate surface area is 169 Å². The monoisotopic (exact) mass is 436 g/mol. The molecule has 0 saturated heterocycles. The van der Waals surface area contributed by atoms with Gasteiger partial charge >= 0.3 is 0 Å². The van der Waals surface area contributed by atoms with E-state index in [9.17, 15) is 4.79 Å². The van der Waals surface area contributed by atoms with Crippen LogP contribution in [0, 0.1) is 0 Å². The Hall–Kier alpha value is -3.13. The van der Waals surface area contributed by atoms with E-state index in [0.717, 1.165) is 21.3 Å². The molecule has 1 unspecified atom stereocenters. The number of nitrogens with zero attached hydrogens (tertiary/aromatic N) is 6. The Morgan fingerprint density at radius 2 is 1.89 bits per heavy atom. The van der Waals surface area contributed by atoms with Crippen molar-refractivity contribution in [2.24, 2.45) is 7.05 Å². The molecule has 8 heteroatoms. The second-order valence-corrected chi connectivity index (χ2v) is 7.37. The lowest BCUT2D eigenvalue weighted by molar-refractivity contribution is 0.738. The van der Waals surface area contributed by atoms with Crippen LogP contribution in [-0.4, -0.2) is 29.5 Å². The van der Waals surface area contributed by atoms with Crippen molar-refractivity contribution in [2.75, 3.05) is 0 Å². The maximum Gasteiger partial charge on any atom is 0.203 e. The fourth-order valence-corrected chi connectivity index (χ4v) is 3.16. The first-order valence-electron chi connectivity index (χ1n) is 8.68. The lowest BCUT2D eigenvalue weighted by atomic mass is 9.95. The van der Waals surface area contributed by atoms with Gasteiger partial charge in [-0.3, -0.25) is 9.48 Å². The third kappa shape index (κ3) is 3.63. The highest BCUT2D eigenvalue weighted by Gasteiger charge is 2.16. The molecule has 1 aromatic carbocycles. The third-order valence-corrected chi connectivity index (χ3v) is 4.88. The average molecular weight is 437 g/mol. The van der Waals surface area contributed by atoms with E-state index < -0.39 is 0 Å². The summed E-state index contributed by atoms with van der Waals surface area (Å²) in [5, 5.41) is 8.72. The van der Waals surface area contributed by atoms with Gasteiger partial charge in [-0.2, -0.15) is 10.2 Å². The summed E-state index contributed by atoms with van der Waals surface area (Å²) < 4.78 is 4.19. The van der Waals surface area contributed by atoms with E-state index in [1.807, 2.05) is 44.4 Å². The summed E-state index contributed by atoms with van der Waals surface area (Å²) in [5.74, 6) is 0.443. The largest absolute Gasteiger partial charge is 0.288 e. The molecule has 28 heavy (non-hydrogen) atoms. The molecule has 0 amide bonds. The summed E-state index contributed by atoms with van der Waals surface area (Å²) in [6.07, 6.45) is 8.63. The van der Waals surface area contributed by atoms with E-state index in [-0.39, 0.29) is 11.3 Å². The van der Waals surface area contributed by atoms with Gasteiger partial charge in [0.1, 0.15) is 11.4 Å². The summed E-state index contributed by atoms with van der Waals surface area (Å²) in [6.45, 7) is 1.97. The number of benzene rings is 1. The second kappa shape index (κ2) is 7.47. The van der Waals surface area contributed by atoms with E-state index in [2.05, 4.69) is 36.1 Å². The van der Waals surface area contributed by atoms with Crippen LogP contribution in [0.2, 0.25) is 0 Å². The quantitative estimate of drug-likeness (QED) is 0.490. The van der Waals surface area contributed by atoms with Crippen LogP contribution in [0.1, 0.15) is 24.1 Å². The summed E-state index contributed by atoms with van der Waals surface area (Å²) in [4.78, 5) is 21.2. The van der Waals surface area contributed by atoms with Gasteiger partial charge in [0.25, 0.3) is 0 Å². The molecule has 0 spiro atoms. The highest BCUT2D eigenvalue weighted by molar-refractivity contribution is 9.10. The fraction of sp³-hybridized carbons (Fsp3) is 0.150. The summed E-state index contributed by atoms with van der Waals surface area (Å²) >= 11 is 3.35. The molecule has 0 aliphatic carbocycles. The summed E-state index contributed by atoms with van der Waals surface area (Å²) in [5.41, 5.74) is 3.03. The van der Waals surface area contributed by atoms with Crippen molar-refractivity contribution in [2.45, 2.75) is 12.8 Å². The zero-order chi connectivity index (χ0) is 19.7. The minimum atomic E-state index is -0.188. The van der Waals surface area contributed by atoms with Crippen LogP contribution in [0.3, 0.4) is 0 Å². The Kier molecular flexibility index (Phi) is 4.87. The van der Waals surface area contributed by atoms with Crippen LogP contribution in [0.25, 0.3) is 17.1 Å². The number of aryl methyl sites for hydroxylation is 1. The van der Waals surface area contributed by atoms with Crippen LogP contribution >= 0.6 is 15.9 Å². The molecule has 1 atom stereocenters. The zero-order valence-corrected chi connectivity index (χ0v) is 16.9. The first-order valence-corrected chi connectivity index (χ1v) is 9.47. The number of hydrogen-bond acceptors (Lipinski definition) is 5. The maximum atomic E-state index is 12.5. The Morgan fingerprint density at radius 1 is 1.11 bits per heavy atom. The Bertz CT molecular complexity index is 1180. The molecular formula is C20H17BrN6O. The van der Waals surface area contributed by atoms with Gasteiger partial charge in [0.05, 0.1) is 16.9 Å². The maximum absolute atomic E-state index is 12.5. The zero-order valence-electron chi connectivity index (χ0n) is 15.3. The van der Waals surface area contributed by atoms with Crippen LogP contribution in [0.5, 0.6) is 0 Å². The van der Waals surface area contributed by atoms with Crippen LogP contribution in [0.15, 0.2) is 70.6 Å². The first kappa shape index (κ1) is 18.2. The van der Waals surface area contributed by atoms with E-state index in [4.69, 9.17) is 0 Å². The topological polar surface area (TPSA) is 78.5 Å². The third-order valence-electron chi connectivity index (χ3n) is 4.47. The predicted octanol–water partition coefficient (Wildman–Crippen LogP) is 3.34. The number of rotatable bonds is 4. The molecule has 3 aromatic heterocycles. The smallest absolute Gasteiger partial charge is 0.203 e. The molecule has 0 saturated carbocycles. The number of aromatic nitrogens is 6. The van der Waals surface area contributed by atoms with Crippen molar-refractivity contribution in [1.29, 1.82) is 0 Å². The van der Waals surface area contributed by atoms with E-state index in [0.29, 0.717) is 11.5 Å². The van der Waals surface area contributed by atoms with Crippen molar-refractivity contribution in [1.82, 2.24) is 29.5 Å². The molecular weight excluding hydrogens is 420 g/mol. The molecule has 3 heterocycles. The molecule has 0 N–H and O–H groups in total. The van der Waals surface area contributed by atoms with Crippen LogP contribution in [0.4, 0.5) is 0 Å². The van der Waals surface area contributed by atoms with Gasteiger partial charge in [-0.15, -0.1) is 0 Å². The predicted molar refractivity (Wildman–Crippen MR) is 109 cm³/mol. The van der Waals surface area contributed by atoms with Crippen LogP contribution < -0.4 is 5.43 Å². The fourth-order valence-electron chi connectivity index (χ4n) is 2.96. The molecule has 0 fully saturated rings. The van der Waals surface area contributed by atoms with Gasteiger partial charge in [-0.05, 0) is 27.6 Å². The molecule has 140 valence electrons. The van der Waals surface area contributed by atoms with Crippen LogP contribution in [-0.2, 0) is 7.05 Å². The molecule has 0 bridgehead atoms. The van der Waals surface area contributed by atoms with Crippen molar-refractivity contribution >= 4 is 15.9 Å².